The van der Waals surface area contributed by atoms with Gasteiger partial charge < -0.3 is 10.3 Å². The summed E-state index contributed by atoms with van der Waals surface area (Å²) in [6.45, 7) is 4.01. The van der Waals surface area contributed by atoms with Crippen LogP contribution < -0.4 is 5.32 Å². The highest BCUT2D eigenvalue weighted by Crippen LogP contribution is 2.24. The minimum Gasteiger partial charge on any atom is -0.361 e. The van der Waals surface area contributed by atoms with Crippen molar-refractivity contribution in [2.45, 2.75) is 18.7 Å². The molecule has 0 aliphatic heterocycles. The number of fused-ring (bicyclic) bond motifs is 1. The second-order valence-corrected chi connectivity index (χ2v) is 7.87. The smallest absolute Gasteiger partial charge is 0.258 e. The molecule has 6 nitrogen and oxygen atoms in total. The molecule has 1 aromatic heterocycles. The summed E-state index contributed by atoms with van der Waals surface area (Å²) in [5, 5.41) is 3.43. The molecular formula is C19H20FN3O3S. The molecule has 0 saturated heterocycles. The highest BCUT2D eigenvalue weighted by atomic mass is 32.2. The van der Waals surface area contributed by atoms with Gasteiger partial charge in [0.05, 0.1) is 16.1 Å². The highest BCUT2D eigenvalue weighted by Gasteiger charge is 2.24. The molecule has 0 spiro atoms. The lowest BCUT2D eigenvalue weighted by Crippen LogP contribution is -2.31. The maximum Gasteiger partial charge on any atom is 0.258 e. The number of carbonyl (C=O) groups excluding carboxylic acids is 1. The van der Waals surface area contributed by atoms with E-state index in [0.717, 1.165) is 23.0 Å². The Bertz CT molecular complexity index is 1090. The molecular weight excluding hydrogens is 369 g/mol. The van der Waals surface area contributed by atoms with Gasteiger partial charge in [0.2, 0.25) is 10.0 Å². The Morgan fingerprint density at radius 2 is 1.89 bits per heavy atom. The number of rotatable bonds is 6. The summed E-state index contributed by atoms with van der Waals surface area (Å²) in [5.41, 5.74) is 1.01. The Hall–Kier alpha value is -2.71. The van der Waals surface area contributed by atoms with Crippen LogP contribution in [0.3, 0.4) is 0 Å². The Morgan fingerprint density at radius 3 is 2.59 bits per heavy atom. The molecule has 2 aromatic carbocycles. The largest absolute Gasteiger partial charge is 0.361 e. The molecule has 0 radical (unpaired) electrons. The number of anilines is 1. The van der Waals surface area contributed by atoms with Crippen molar-refractivity contribution in [2.24, 2.45) is 0 Å². The molecule has 0 atom stereocenters. The van der Waals surface area contributed by atoms with Crippen molar-refractivity contribution in [3.8, 4) is 0 Å². The molecule has 0 aliphatic rings. The van der Waals surface area contributed by atoms with E-state index in [4.69, 9.17) is 0 Å². The van der Waals surface area contributed by atoms with Crippen molar-refractivity contribution in [1.82, 2.24) is 9.29 Å². The number of aromatic nitrogens is 1. The summed E-state index contributed by atoms with van der Waals surface area (Å²) < 4.78 is 40.8. The molecule has 8 heteroatoms. The molecule has 27 heavy (non-hydrogen) atoms. The van der Waals surface area contributed by atoms with Crippen LogP contribution in [0.1, 0.15) is 24.2 Å². The average Bonchev–Trinajstić information content (AvgIpc) is 3.12. The van der Waals surface area contributed by atoms with Crippen molar-refractivity contribution in [3.63, 3.8) is 0 Å². The van der Waals surface area contributed by atoms with Gasteiger partial charge in [-0.1, -0.05) is 19.9 Å². The van der Waals surface area contributed by atoms with Gasteiger partial charge in [-0.05, 0) is 36.4 Å². The van der Waals surface area contributed by atoms with Gasteiger partial charge in [-0.3, -0.25) is 4.79 Å². The maximum atomic E-state index is 14.3. The lowest BCUT2D eigenvalue weighted by Gasteiger charge is -2.19. The zero-order chi connectivity index (χ0) is 19.6. The molecule has 0 aliphatic carbocycles. The number of amides is 1. The van der Waals surface area contributed by atoms with Crippen LogP contribution in [-0.2, 0) is 10.0 Å². The van der Waals surface area contributed by atoms with Gasteiger partial charge in [0.25, 0.3) is 5.91 Å². The number of hydrogen-bond donors (Lipinski definition) is 2. The molecule has 0 unspecified atom stereocenters. The van der Waals surface area contributed by atoms with E-state index in [9.17, 15) is 17.6 Å². The van der Waals surface area contributed by atoms with Crippen LogP contribution in [0, 0.1) is 5.82 Å². The van der Waals surface area contributed by atoms with Crippen molar-refractivity contribution >= 4 is 32.5 Å². The fraction of sp³-hybridized carbons (Fsp3) is 0.211. The number of nitrogens with one attached hydrogen (secondary N) is 2. The average molecular weight is 389 g/mol. The third kappa shape index (κ3) is 3.58. The maximum absolute atomic E-state index is 14.3. The summed E-state index contributed by atoms with van der Waals surface area (Å²) in [6.07, 6.45) is 1.73. The van der Waals surface area contributed by atoms with Crippen LogP contribution in [0.4, 0.5) is 10.1 Å². The zero-order valence-electron chi connectivity index (χ0n) is 15.0. The molecule has 1 heterocycles. The third-order valence-corrected chi connectivity index (χ3v) is 6.41. The third-order valence-electron chi connectivity index (χ3n) is 4.37. The first-order valence-corrected chi connectivity index (χ1v) is 9.99. The molecule has 0 fully saturated rings. The molecule has 1 amide bonds. The lowest BCUT2D eigenvalue weighted by atomic mass is 10.1. The van der Waals surface area contributed by atoms with Crippen LogP contribution in [0.2, 0.25) is 0 Å². The van der Waals surface area contributed by atoms with E-state index in [1.807, 2.05) is 6.07 Å². The van der Waals surface area contributed by atoms with Crippen LogP contribution in [0.15, 0.2) is 53.6 Å². The number of H-pyrrole nitrogens is 1. The number of aromatic amines is 1. The lowest BCUT2D eigenvalue weighted by molar-refractivity contribution is 0.102. The summed E-state index contributed by atoms with van der Waals surface area (Å²) in [4.78, 5) is 15.5. The molecule has 0 bridgehead atoms. The summed E-state index contributed by atoms with van der Waals surface area (Å²) in [6, 6.07) is 10.4. The van der Waals surface area contributed by atoms with Crippen LogP contribution >= 0.6 is 0 Å². The number of halogens is 1. The quantitative estimate of drug-likeness (QED) is 0.676. The Morgan fingerprint density at radius 1 is 1.15 bits per heavy atom. The SMILES string of the molecule is CCN(CC)S(=O)(=O)c1ccc(F)c(C(=O)Nc2cccc3[nH]ccc23)c1. The zero-order valence-corrected chi connectivity index (χ0v) is 15.8. The predicted octanol–water partition coefficient (Wildman–Crippen LogP) is 3.59. The van der Waals surface area contributed by atoms with Crippen LogP contribution in [0.5, 0.6) is 0 Å². The molecule has 142 valence electrons. The molecule has 2 N–H and O–H groups in total. The van der Waals surface area contributed by atoms with Crippen LogP contribution in [0.25, 0.3) is 10.9 Å². The summed E-state index contributed by atoms with van der Waals surface area (Å²) in [5.74, 6) is -1.50. The first-order chi connectivity index (χ1) is 12.9. The van der Waals surface area contributed by atoms with E-state index in [1.54, 1.807) is 38.2 Å². The number of hydrogen-bond acceptors (Lipinski definition) is 3. The Labute approximate surface area is 157 Å². The van der Waals surface area contributed by atoms with Crippen molar-refractivity contribution < 1.29 is 17.6 Å². The highest BCUT2D eigenvalue weighted by molar-refractivity contribution is 7.89. The minimum absolute atomic E-state index is 0.113. The van der Waals surface area contributed by atoms with Crippen molar-refractivity contribution in [3.05, 3.63) is 60.0 Å². The Balaban J connectivity index is 1.97. The molecule has 3 rings (SSSR count). The molecule has 0 saturated carbocycles. The van der Waals surface area contributed by atoms with Gasteiger partial charge in [-0.25, -0.2) is 12.8 Å². The Kier molecular flexibility index (Phi) is 5.29. The first-order valence-electron chi connectivity index (χ1n) is 8.55. The van der Waals surface area contributed by atoms with Crippen molar-refractivity contribution in [2.75, 3.05) is 18.4 Å². The number of nitrogens with zero attached hydrogens (tertiary/aromatic N) is 1. The van der Waals surface area contributed by atoms with E-state index >= 15 is 0 Å². The monoisotopic (exact) mass is 389 g/mol. The topological polar surface area (TPSA) is 82.3 Å². The number of sulfonamides is 1. The summed E-state index contributed by atoms with van der Waals surface area (Å²) >= 11 is 0. The van der Waals surface area contributed by atoms with E-state index < -0.39 is 21.7 Å². The van der Waals surface area contributed by atoms with E-state index in [2.05, 4.69) is 10.3 Å². The summed E-state index contributed by atoms with van der Waals surface area (Å²) in [7, 11) is -3.79. The fourth-order valence-corrected chi connectivity index (χ4v) is 4.42. The second kappa shape index (κ2) is 7.50. The normalized spacial score (nSPS) is 11.9. The minimum atomic E-state index is -3.79. The number of carbonyl (C=O) groups is 1. The fourth-order valence-electron chi connectivity index (χ4n) is 2.94. The predicted molar refractivity (Wildman–Crippen MR) is 103 cm³/mol. The number of benzene rings is 2. The van der Waals surface area contributed by atoms with Crippen molar-refractivity contribution in [1.29, 1.82) is 0 Å². The van der Waals surface area contributed by atoms with E-state index in [-0.39, 0.29) is 23.5 Å². The first kappa shape index (κ1) is 19.1. The molecule has 3 aromatic rings. The van der Waals surface area contributed by atoms with Gasteiger partial charge in [-0.15, -0.1) is 0 Å². The van der Waals surface area contributed by atoms with Gasteiger partial charge in [-0.2, -0.15) is 4.31 Å². The van der Waals surface area contributed by atoms with Gasteiger partial charge in [0.1, 0.15) is 5.82 Å². The van der Waals surface area contributed by atoms with Crippen LogP contribution in [-0.4, -0.2) is 36.7 Å². The van der Waals surface area contributed by atoms with E-state index in [0.29, 0.717) is 5.69 Å². The standard InChI is InChI=1S/C19H20FN3O3S/c1-3-23(4-2)27(25,26)13-8-9-16(20)15(12-13)19(24)22-18-7-5-6-17-14(18)10-11-21-17/h5-12,21H,3-4H2,1-2H3,(H,22,24). The van der Waals surface area contributed by atoms with Gasteiger partial charge >= 0.3 is 0 Å². The van der Waals surface area contributed by atoms with E-state index in [1.165, 1.54) is 10.4 Å². The van der Waals surface area contributed by atoms with Gasteiger partial charge in [0, 0.05) is 30.2 Å². The second-order valence-electron chi connectivity index (χ2n) is 5.93. The van der Waals surface area contributed by atoms with Gasteiger partial charge in [0.15, 0.2) is 0 Å².